The third-order valence-corrected chi connectivity index (χ3v) is 1.50. The topological polar surface area (TPSA) is 111 Å². The molecule has 0 amide bonds. The van der Waals surface area contributed by atoms with Crippen molar-refractivity contribution in [1.82, 2.24) is 0 Å². The van der Waals surface area contributed by atoms with Crippen molar-refractivity contribution in [3.8, 4) is 0 Å². The number of carbonyl (C=O) groups is 2. The minimum atomic E-state index is -1.38. The highest BCUT2D eigenvalue weighted by atomic mass is 16.7. The molecule has 3 N–H and O–H groups in total. The second-order valence-electron chi connectivity index (χ2n) is 3.53. The molecule has 0 rings (SSSR count). The molecule has 7 heteroatoms. The summed E-state index contributed by atoms with van der Waals surface area (Å²) in [6.07, 6.45) is 1.75. The number of rotatable bonds is 5. The second kappa shape index (κ2) is 6.64. The monoisotopic (exact) mass is 244 g/mol. The summed E-state index contributed by atoms with van der Waals surface area (Å²) in [5, 5.41) is 12.6. The van der Waals surface area contributed by atoms with Crippen LogP contribution in [0.15, 0.2) is 17.3 Å². The van der Waals surface area contributed by atoms with Crippen LogP contribution in [-0.2, 0) is 19.2 Å². The van der Waals surface area contributed by atoms with Gasteiger partial charge in [-0.15, -0.1) is 0 Å². The quantitative estimate of drug-likeness (QED) is 0.171. The van der Waals surface area contributed by atoms with Crippen molar-refractivity contribution in [2.75, 3.05) is 6.61 Å². The number of hydrogen-bond donors (Lipinski definition) is 2. The fourth-order valence-electron chi connectivity index (χ4n) is 0.563. The molecular formula is C10H16N2O5. The average Bonchev–Trinajstić information content (AvgIpc) is 2.22. The Hall–Kier alpha value is -1.89. The Morgan fingerprint density at radius 2 is 1.88 bits per heavy atom. The van der Waals surface area contributed by atoms with Crippen LogP contribution in [0.5, 0.6) is 0 Å². The summed E-state index contributed by atoms with van der Waals surface area (Å²) < 4.78 is 4.54. The van der Waals surface area contributed by atoms with Crippen LogP contribution in [0, 0.1) is 0 Å². The molecule has 0 aromatic rings. The molecule has 0 radical (unpaired) electrons. The molecule has 0 aromatic carbocycles. The summed E-state index contributed by atoms with van der Waals surface area (Å²) in [6, 6.07) is 0. The highest BCUT2D eigenvalue weighted by Crippen LogP contribution is 2.00. The predicted octanol–water partition coefficient (Wildman–Crippen LogP) is -0.308. The lowest BCUT2D eigenvalue weighted by atomic mass is 10.1. The van der Waals surface area contributed by atoms with Crippen molar-refractivity contribution in [1.29, 1.82) is 0 Å². The van der Waals surface area contributed by atoms with Gasteiger partial charge in [-0.05, 0) is 20.8 Å². The number of aliphatic hydroxyl groups is 1. The van der Waals surface area contributed by atoms with Gasteiger partial charge in [-0.1, -0.05) is 5.16 Å². The van der Waals surface area contributed by atoms with E-state index in [0.717, 1.165) is 12.2 Å². The molecule has 0 aliphatic carbocycles. The maximum absolute atomic E-state index is 11.0. The van der Waals surface area contributed by atoms with Crippen LogP contribution < -0.4 is 5.73 Å². The van der Waals surface area contributed by atoms with Gasteiger partial charge in [0.05, 0.1) is 6.61 Å². The molecule has 0 saturated carbocycles. The van der Waals surface area contributed by atoms with Gasteiger partial charge in [0.25, 0.3) is 0 Å². The zero-order valence-corrected chi connectivity index (χ0v) is 9.97. The van der Waals surface area contributed by atoms with Gasteiger partial charge in [-0.3, -0.25) is 0 Å². The normalized spacial score (nSPS) is 12.6. The van der Waals surface area contributed by atoms with Gasteiger partial charge < -0.3 is 20.4 Å². The Labute approximate surface area is 98.9 Å². The van der Waals surface area contributed by atoms with Crippen molar-refractivity contribution in [3.05, 3.63) is 12.2 Å². The van der Waals surface area contributed by atoms with E-state index in [4.69, 9.17) is 5.73 Å². The van der Waals surface area contributed by atoms with Crippen LogP contribution in [0.2, 0.25) is 0 Å². The van der Waals surface area contributed by atoms with Crippen molar-refractivity contribution < 1.29 is 24.3 Å². The van der Waals surface area contributed by atoms with E-state index in [-0.39, 0.29) is 12.4 Å². The summed E-state index contributed by atoms with van der Waals surface area (Å²) in [4.78, 5) is 26.2. The zero-order valence-electron chi connectivity index (χ0n) is 9.97. The lowest BCUT2D eigenvalue weighted by Crippen LogP contribution is -2.38. The lowest BCUT2D eigenvalue weighted by molar-refractivity contribution is -0.140. The molecule has 0 saturated heterocycles. The number of ether oxygens (including phenoxy) is 1. The molecular weight excluding hydrogens is 228 g/mol. The molecule has 0 aliphatic rings. The highest BCUT2D eigenvalue weighted by molar-refractivity contribution is 5.92. The molecule has 0 bridgehead atoms. The third kappa shape index (κ3) is 7.07. The smallest absolute Gasteiger partial charge is 0.358 e. The summed E-state index contributed by atoms with van der Waals surface area (Å²) >= 11 is 0. The lowest BCUT2D eigenvalue weighted by Gasteiger charge is -2.14. The van der Waals surface area contributed by atoms with E-state index in [9.17, 15) is 14.7 Å². The minimum absolute atomic E-state index is 0.210. The first kappa shape index (κ1) is 15.1. The van der Waals surface area contributed by atoms with Crippen LogP contribution in [-0.4, -0.2) is 35.1 Å². The summed E-state index contributed by atoms with van der Waals surface area (Å²) in [5.74, 6) is -1.82. The third-order valence-electron chi connectivity index (χ3n) is 1.50. The molecule has 96 valence electrons. The van der Waals surface area contributed by atoms with Crippen LogP contribution >= 0.6 is 0 Å². The molecule has 0 atom stereocenters. The minimum Gasteiger partial charge on any atom is -0.463 e. The van der Waals surface area contributed by atoms with E-state index in [0.29, 0.717) is 0 Å². The largest absolute Gasteiger partial charge is 0.463 e. The predicted molar refractivity (Wildman–Crippen MR) is 59.8 cm³/mol. The maximum atomic E-state index is 11.0. The molecule has 0 aromatic heterocycles. The van der Waals surface area contributed by atoms with Crippen molar-refractivity contribution in [3.63, 3.8) is 0 Å². The van der Waals surface area contributed by atoms with Crippen LogP contribution in [0.4, 0.5) is 0 Å². The summed E-state index contributed by atoms with van der Waals surface area (Å²) in [5.41, 5.74) is 3.93. The van der Waals surface area contributed by atoms with E-state index < -0.39 is 17.5 Å². The van der Waals surface area contributed by atoms with Crippen LogP contribution in [0.1, 0.15) is 20.8 Å². The standard InChI is InChI=1S/C10H16N2O5/c1-4-16-7(13)5-6-8(14)17-12-9(11)10(2,3)15/h5-6,15H,4H2,1-3H3,(H2,11,12)/b6-5+. The Morgan fingerprint density at radius 3 is 2.35 bits per heavy atom. The van der Waals surface area contributed by atoms with Crippen molar-refractivity contribution in [2.45, 2.75) is 26.4 Å². The number of carbonyl (C=O) groups excluding carboxylic acids is 2. The number of oxime groups is 1. The molecule has 0 fully saturated rings. The first-order valence-corrected chi connectivity index (χ1v) is 4.89. The molecule has 7 nitrogen and oxygen atoms in total. The van der Waals surface area contributed by atoms with E-state index in [1.807, 2.05) is 0 Å². The van der Waals surface area contributed by atoms with E-state index in [1.165, 1.54) is 13.8 Å². The fraction of sp³-hybridized carbons (Fsp3) is 0.500. The maximum Gasteiger partial charge on any atom is 0.358 e. The average molecular weight is 244 g/mol. The fourth-order valence-corrected chi connectivity index (χ4v) is 0.563. The number of hydrogen-bond acceptors (Lipinski definition) is 6. The van der Waals surface area contributed by atoms with Gasteiger partial charge in [0.2, 0.25) is 0 Å². The Kier molecular flexibility index (Phi) is 5.90. The van der Waals surface area contributed by atoms with E-state index >= 15 is 0 Å². The zero-order chi connectivity index (χ0) is 13.5. The van der Waals surface area contributed by atoms with E-state index in [2.05, 4.69) is 14.7 Å². The van der Waals surface area contributed by atoms with Crippen molar-refractivity contribution in [2.24, 2.45) is 10.9 Å². The number of amidine groups is 1. The number of nitrogens with two attached hydrogens (primary N) is 1. The molecule has 0 heterocycles. The van der Waals surface area contributed by atoms with Crippen LogP contribution in [0.3, 0.4) is 0 Å². The second-order valence-corrected chi connectivity index (χ2v) is 3.53. The summed E-state index contributed by atoms with van der Waals surface area (Å²) in [7, 11) is 0. The number of esters is 1. The Bertz CT molecular complexity index is 341. The van der Waals surface area contributed by atoms with Gasteiger partial charge in [-0.25, -0.2) is 9.59 Å². The molecule has 0 unspecified atom stereocenters. The van der Waals surface area contributed by atoms with E-state index in [1.54, 1.807) is 6.92 Å². The van der Waals surface area contributed by atoms with Gasteiger partial charge >= 0.3 is 11.9 Å². The van der Waals surface area contributed by atoms with Gasteiger partial charge in [-0.2, -0.15) is 0 Å². The Morgan fingerprint density at radius 1 is 1.35 bits per heavy atom. The first-order valence-electron chi connectivity index (χ1n) is 4.89. The highest BCUT2D eigenvalue weighted by Gasteiger charge is 2.19. The molecule has 0 spiro atoms. The SMILES string of the molecule is CCOC(=O)/C=C/C(=O)O/N=C(\N)C(C)(C)O. The van der Waals surface area contributed by atoms with Crippen molar-refractivity contribution >= 4 is 17.8 Å². The molecule has 0 aliphatic heterocycles. The van der Waals surface area contributed by atoms with Gasteiger partial charge in [0, 0.05) is 12.2 Å². The van der Waals surface area contributed by atoms with Crippen LogP contribution in [0.25, 0.3) is 0 Å². The molecule has 17 heavy (non-hydrogen) atoms. The summed E-state index contributed by atoms with van der Waals surface area (Å²) in [6.45, 7) is 4.61. The van der Waals surface area contributed by atoms with Gasteiger partial charge in [0.1, 0.15) is 5.60 Å². The Balaban J connectivity index is 4.25. The van der Waals surface area contributed by atoms with Gasteiger partial charge in [0.15, 0.2) is 5.84 Å². The first-order chi connectivity index (χ1) is 7.77. The number of nitrogens with zero attached hydrogens (tertiary/aromatic N) is 1.